The molecule has 2 aromatic carbocycles. The van der Waals surface area contributed by atoms with Gasteiger partial charge in [0.2, 0.25) is 11.9 Å². The highest BCUT2D eigenvalue weighted by molar-refractivity contribution is 6.02. The average molecular weight is 479 g/mol. The maximum absolute atomic E-state index is 12.4. The molecule has 0 fully saturated rings. The van der Waals surface area contributed by atoms with Crippen LogP contribution < -0.4 is 33.6 Å². The van der Waals surface area contributed by atoms with Gasteiger partial charge in [0.05, 0.1) is 11.4 Å². The van der Waals surface area contributed by atoms with Crippen LogP contribution in [0, 0.1) is 0 Å². The predicted octanol–water partition coefficient (Wildman–Crippen LogP) is 0.231. The van der Waals surface area contributed by atoms with Gasteiger partial charge in [-0.15, -0.1) is 10.2 Å². The highest BCUT2D eigenvalue weighted by atomic mass is 16.2. The van der Waals surface area contributed by atoms with Gasteiger partial charge in [0.1, 0.15) is 0 Å². The minimum atomic E-state index is -0.235. The minimum Gasteiger partial charge on any atom is -0.369 e. The van der Waals surface area contributed by atoms with Crippen LogP contribution in [0.2, 0.25) is 0 Å². The van der Waals surface area contributed by atoms with Gasteiger partial charge in [0.15, 0.2) is 0 Å². The van der Waals surface area contributed by atoms with Gasteiger partial charge in [0.25, 0.3) is 11.8 Å². The number of carbonyl (C=O) groups excluding carboxylic acids is 2. The van der Waals surface area contributed by atoms with Crippen LogP contribution in [0.3, 0.4) is 0 Å². The van der Waals surface area contributed by atoms with E-state index in [0.717, 1.165) is 11.1 Å². The van der Waals surface area contributed by atoms with E-state index in [1.54, 1.807) is 62.4 Å². The Kier molecular flexibility index (Phi) is 9.91. The summed E-state index contributed by atoms with van der Waals surface area (Å²) in [6.45, 7) is 4.29. The number of amides is 2. The van der Waals surface area contributed by atoms with E-state index < -0.39 is 0 Å². The monoisotopic (exact) mass is 478 g/mol. The first-order chi connectivity index (χ1) is 16.7. The molecular weight excluding hydrogens is 448 g/mol. The Morgan fingerprint density at radius 3 is 1.66 bits per heavy atom. The first kappa shape index (κ1) is 26.5. The third kappa shape index (κ3) is 8.96. The van der Waals surface area contributed by atoms with Crippen LogP contribution in [0.5, 0.6) is 0 Å². The Hall–Kier alpha value is -4.74. The SMILES string of the molecule is CC(=NN=C(N)N)c1ccc(C(=O)NCCCNC(=O)c2cccc(C(C)=NN=C(N)N)c2)cc1. The van der Waals surface area contributed by atoms with Crippen LogP contribution >= 0.6 is 0 Å². The highest BCUT2D eigenvalue weighted by Crippen LogP contribution is 2.08. The first-order valence-corrected chi connectivity index (χ1v) is 10.7. The van der Waals surface area contributed by atoms with Crippen LogP contribution in [0.4, 0.5) is 0 Å². The Bertz CT molecular complexity index is 1160. The fourth-order valence-corrected chi connectivity index (χ4v) is 2.83. The lowest BCUT2D eigenvalue weighted by molar-refractivity contribution is 0.0951. The molecule has 0 atom stereocenters. The molecule has 2 aromatic rings. The van der Waals surface area contributed by atoms with Crippen LogP contribution in [0.1, 0.15) is 52.1 Å². The summed E-state index contributed by atoms with van der Waals surface area (Å²) < 4.78 is 0. The highest BCUT2D eigenvalue weighted by Gasteiger charge is 2.08. The summed E-state index contributed by atoms with van der Waals surface area (Å²) in [6.07, 6.45) is 0.560. The number of nitrogens with two attached hydrogens (primary N) is 4. The summed E-state index contributed by atoms with van der Waals surface area (Å²) in [4.78, 5) is 24.8. The molecule has 0 saturated heterocycles. The Morgan fingerprint density at radius 2 is 1.11 bits per heavy atom. The summed E-state index contributed by atoms with van der Waals surface area (Å²) in [5.41, 5.74) is 24.8. The molecule has 12 heteroatoms. The van der Waals surface area contributed by atoms with Crippen molar-refractivity contribution in [2.75, 3.05) is 13.1 Å². The second kappa shape index (κ2) is 13.1. The molecule has 2 amide bonds. The van der Waals surface area contributed by atoms with E-state index in [9.17, 15) is 9.59 Å². The molecule has 0 aliphatic carbocycles. The van der Waals surface area contributed by atoms with Crippen molar-refractivity contribution in [1.82, 2.24) is 10.6 Å². The molecule has 0 aliphatic heterocycles. The van der Waals surface area contributed by atoms with E-state index >= 15 is 0 Å². The lowest BCUT2D eigenvalue weighted by Gasteiger charge is -2.08. The summed E-state index contributed by atoms with van der Waals surface area (Å²) in [5, 5.41) is 20.7. The van der Waals surface area contributed by atoms with Gasteiger partial charge in [-0.2, -0.15) is 10.2 Å². The predicted molar refractivity (Wildman–Crippen MR) is 138 cm³/mol. The number of rotatable bonds is 10. The lowest BCUT2D eigenvalue weighted by atomic mass is 10.1. The molecule has 0 bridgehead atoms. The molecule has 0 unspecified atom stereocenters. The van der Waals surface area contributed by atoms with Gasteiger partial charge in [0, 0.05) is 24.2 Å². The number of hydrogen-bond acceptors (Lipinski definition) is 6. The lowest BCUT2D eigenvalue weighted by Crippen LogP contribution is -2.30. The fraction of sp³-hybridized carbons (Fsp3) is 0.217. The summed E-state index contributed by atoms with van der Waals surface area (Å²) >= 11 is 0. The molecule has 0 heterocycles. The van der Waals surface area contributed by atoms with E-state index in [1.165, 1.54) is 0 Å². The quantitative estimate of drug-likeness (QED) is 0.122. The van der Waals surface area contributed by atoms with Gasteiger partial charge in [-0.3, -0.25) is 9.59 Å². The second-order valence-electron chi connectivity index (χ2n) is 7.44. The van der Waals surface area contributed by atoms with Gasteiger partial charge >= 0.3 is 0 Å². The van der Waals surface area contributed by atoms with Crippen molar-refractivity contribution in [3.63, 3.8) is 0 Å². The smallest absolute Gasteiger partial charge is 0.251 e. The largest absolute Gasteiger partial charge is 0.369 e. The summed E-state index contributed by atoms with van der Waals surface area (Å²) in [7, 11) is 0. The van der Waals surface area contributed by atoms with Gasteiger partial charge < -0.3 is 33.6 Å². The Morgan fingerprint density at radius 1 is 0.657 bits per heavy atom. The van der Waals surface area contributed by atoms with E-state index in [1.807, 2.05) is 0 Å². The topological polar surface area (TPSA) is 212 Å². The molecule has 12 nitrogen and oxygen atoms in total. The molecule has 0 spiro atoms. The van der Waals surface area contributed by atoms with Crippen LogP contribution in [-0.4, -0.2) is 48.2 Å². The van der Waals surface area contributed by atoms with E-state index in [-0.39, 0.29) is 23.7 Å². The number of carbonyl (C=O) groups is 2. The van der Waals surface area contributed by atoms with Crippen molar-refractivity contribution < 1.29 is 9.59 Å². The average Bonchev–Trinajstić information content (AvgIpc) is 2.85. The molecule has 0 aromatic heterocycles. The summed E-state index contributed by atoms with van der Waals surface area (Å²) in [5.74, 6) is -0.730. The fourth-order valence-electron chi connectivity index (χ4n) is 2.83. The number of benzene rings is 2. The maximum Gasteiger partial charge on any atom is 0.251 e. The number of guanidine groups is 2. The van der Waals surface area contributed by atoms with Crippen LogP contribution in [-0.2, 0) is 0 Å². The van der Waals surface area contributed by atoms with Gasteiger partial charge in [-0.1, -0.05) is 24.3 Å². The van der Waals surface area contributed by atoms with Crippen molar-refractivity contribution in [3.8, 4) is 0 Å². The minimum absolute atomic E-state index is 0.130. The third-order valence-electron chi connectivity index (χ3n) is 4.66. The molecule has 0 aliphatic rings. The standard InChI is InChI=1S/C23H30N10O2/c1-14(30-32-22(24)25)16-7-9-17(10-8-16)20(34)28-11-4-12-29-21(35)19-6-3-5-18(13-19)15(2)31-33-23(26)27/h3,5-10,13H,4,11-12H2,1-2H3,(H,28,34)(H,29,35)(H4,24,25,32)(H4,26,27,33). The molecule has 35 heavy (non-hydrogen) atoms. The van der Waals surface area contributed by atoms with Crippen molar-refractivity contribution in [1.29, 1.82) is 0 Å². The van der Waals surface area contributed by atoms with Crippen LogP contribution in [0.15, 0.2) is 68.9 Å². The molecule has 0 saturated carbocycles. The van der Waals surface area contributed by atoms with E-state index in [0.29, 0.717) is 42.1 Å². The van der Waals surface area contributed by atoms with Crippen molar-refractivity contribution >= 4 is 35.2 Å². The van der Waals surface area contributed by atoms with Crippen LogP contribution in [0.25, 0.3) is 0 Å². The number of hydrogen-bond donors (Lipinski definition) is 6. The third-order valence-corrected chi connectivity index (χ3v) is 4.66. The second-order valence-corrected chi connectivity index (χ2v) is 7.44. The Balaban J connectivity index is 1.81. The van der Waals surface area contributed by atoms with Crippen molar-refractivity contribution in [2.45, 2.75) is 20.3 Å². The van der Waals surface area contributed by atoms with E-state index in [4.69, 9.17) is 22.9 Å². The zero-order valence-corrected chi connectivity index (χ0v) is 19.7. The molecule has 0 radical (unpaired) electrons. The van der Waals surface area contributed by atoms with Gasteiger partial charge in [-0.25, -0.2) is 0 Å². The Labute approximate surface area is 203 Å². The maximum atomic E-state index is 12.4. The summed E-state index contributed by atoms with van der Waals surface area (Å²) in [6, 6.07) is 13.8. The van der Waals surface area contributed by atoms with E-state index in [2.05, 4.69) is 31.0 Å². The number of nitrogens with zero attached hydrogens (tertiary/aromatic N) is 4. The zero-order chi connectivity index (χ0) is 25.8. The van der Waals surface area contributed by atoms with Crippen molar-refractivity contribution in [2.24, 2.45) is 43.3 Å². The van der Waals surface area contributed by atoms with Gasteiger partial charge in [-0.05, 0) is 55.7 Å². The molecular formula is C23H30N10O2. The zero-order valence-electron chi connectivity index (χ0n) is 19.7. The van der Waals surface area contributed by atoms with Crippen molar-refractivity contribution in [3.05, 3.63) is 70.8 Å². The molecule has 184 valence electrons. The molecule has 2 rings (SSSR count). The first-order valence-electron chi connectivity index (χ1n) is 10.7. The molecule has 10 N–H and O–H groups in total. The normalized spacial score (nSPS) is 11.4. The number of nitrogens with one attached hydrogen (secondary N) is 2.